The van der Waals surface area contributed by atoms with E-state index in [1.807, 2.05) is 42.1 Å². The lowest BCUT2D eigenvalue weighted by atomic mass is 10.1. The van der Waals surface area contributed by atoms with Crippen LogP contribution in [0.25, 0.3) is 22.2 Å². The van der Waals surface area contributed by atoms with Crippen molar-refractivity contribution >= 4 is 32.8 Å². The summed E-state index contributed by atoms with van der Waals surface area (Å²) in [6.45, 7) is 0. The average molecular weight is 334 g/mol. The number of halogens is 1. The second-order valence-electron chi connectivity index (χ2n) is 4.61. The summed E-state index contributed by atoms with van der Waals surface area (Å²) in [6.07, 6.45) is 1.96. The van der Waals surface area contributed by atoms with Crippen LogP contribution in [0.4, 0.5) is 0 Å². The van der Waals surface area contributed by atoms with Crippen LogP contribution in [0.3, 0.4) is 0 Å². The number of aromatic nitrogens is 3. The number of nitrogens with zero attached hydrogens (tertiary/aromatic N) is 3. The maximum absolute atomic E-state index is 11.3. The molecule has 0 aliphatic heterocycles. The van der Waals surface area contributed by atoms with E-state index in [0.717, 1.165) is 16.5 Å². The number of carboxylic acid groups (broad SMARTS) is 1. The van der Waals surface area contributed by atoms with E-state index >= 15 is 0 Å². The number of aromatic carboxylic acids is 1. The molecule has 0 saturated carbocycles. The minimum absolute atomic E-state index is 0.146. The van der Waals surface area contributed by atoms with E-state index in [4.69, 9.17) is 0 Å². The molecule has 3 rings (SSSR count). The second kappa shape index (κ2) is 4.49. The van der Waals surface area contributed by atoms with E-state index in [1.54, 1.807) is 7.05 Å². The molecule has 0 amide bonds. The third-order valence-electron chi connectivity index (χ3n) is 3.34. The van der Waals surface area contributed by atoms with Crippen LogP contribution in [0, 0.1) is 0 Å². The third kappa shape index (κ3) is 1.76. The average Bonchev–Trinajstić information content (AvgIpc) is 2.88. The number of hydrogen-bond donors (Lipinski definition) is 1. The molecule has 0 bridgehead atoms. The normalized spacial score (nSPS) is 11.2. The SMILES string of the molecule is Cn1nc(-c2cn(C)c3ccccc23)c(Br)c1C(=O)O. The van der Waals surface area contributed by atoms with Crippen molar-refractivity contribution in [2.45, 2.75) is 0 Å². The van der Waals surface area contributed by atoms with Crippen LogP contribution in [0.2, 0.25) is 0 Å². The lowest BCUT2D eigenvalue weighted by molar-refractivity contribution is 0.0684. The standard InChI is InChI=1S/C14H12BrN3O2/c1-17-7-9(8-5-3-4-6-10(8)17)12-11(15)13(14(19)20)18(2)16-12/h3-7H,1-2H3,(H,19,20). The first-order valence-corrected chi connectivity index (χ1v) is 6.80. The van der Waals surface area contributed by atoms with Gasteiger partial charge in [0, 0.05) is 36.8 Å². The Bertz CT molecular complexity index is 832. The van der Waals surface area contributed by atoms with Crippen molar-refractivity contribution in [2.24, 2.45) is 14.1 Å². The van der Waals surface area contributed by atoms with Gasteiger partial charge in [0.1, 0.15) is 5.69 Å². The predicted octanol–water partition coefficient (Wildman–Crippen LogP) is 3.04. The fourth-order valence-electron chi connectivity index (χ4n) is 2.43. The minimum Gasteiger partial charge on any atom is -0.476 e. The van der Waals surface area contributed by atoms with Crippen LogP contribution in [0.5, 0.6) is 0 Å². The third-order valence-corrected chi connectivity index (χ3v) is 4.10. The number of fused-ring (bicyclic) bond motifs is 1. The number of carbonyl (C=O) groups is 1. The van der Waals surface area contributed by atoms with Crippen molar-refractivity contribution in [3.63, 3.8) is 0 Å². The monoisotopic (exact) mass is 333 g/mol. The van der Waals surface area contributed by atoms with Crippen LogP contribution in [0.15, 0.2) is 34.9 Å². The van der Waals surface area contributed by atoms with Gasteiger partial charge in [0.25, 0.3) is 0 Å². The van der Waals surface area contributed by atoms with Crippen molar-refractivity contribution in [1.29, 1.82) is 0 Å². The van der Waals surface area contributed by atoms with Gasteiger partial charge < -0.3 is 9.67 Å². The number of benzene rings is 1. The highest BCUT2D eigenvalue weighted by Crippen LogP contribution is 2.35. The van der Waals surface area contributed by atoms with Gasteiger partial charge in [-0.15, -0.1) is 0 Å². The van der Waals surface area contributed by atoms with E-state index in [2.05, 4.69) is 21.0 Å². The Morgan fingerprint density at radius 2 is 2.00 bits per heavy atom. The van der Waals surface area contributed by atoms with Gasteiger partial charge in [-0.05, 0) is 22.0 Å². The molecular formula is C14H12BrN3O2. The molecule has 2 heterocycles. The maximum Gasteiger partial charge on any atom is 0.355 e. The first kappa shape index (κ1) is 12.9. The summed E-state index contributed by atoms with van der Waals surface area (Å²) in [5.41, 5.74) is 2.78. The molecular weight excluding hydrogens is 322 g/mol. The molecule has 0 spiro atoms. The van der Waals surface area contributed by atoms with Crippen molar-refractivity contribution in [3.8, 4) is 11.3 Å². The van der Waals surface area contributed by atoms with E-state index < -0.39 is 5.97 Å². The summed E-state index contributed by atoms with van der Waals surface area (Å²) >= 11 is 3.36. The molecule has 0 fully saturated rings. The van der Waals surface area contributed by atoms with Crippen LogP contribution >= 0.6 is 15.9 Å². The van der Waals surface area contributed by atoms with Gasteiger partial charge in [-0.2, -0.15) is 5.10 Å². The molecule has 0 unspecified atom stereocenters. The van der Waals surface area contributed by atoms with Crippen LogP contribution in [0.1, 0.15) is 10.5 Å². The Morgan fingerprint density at radius 3 is 2.65 bits per heavy atom. The number of rotatable bonds is 2. The van der Waals surface area contributed by atoms with Gasteiger partial charge in [0.2, 0.25) is 0 Å². The summed E-state index contributed by atoms with van der Waals surface area (Å²) in [6, 6.07) is 7.96. The molecule has 0 aliphatic rings. The summed E-state index contributed by atoms with van der Waals surface area (Å²) in [4.78, 5) is 11.3. The smallest absolute Gasteiger partial charge is 0.355 e. The van der Waals surface area contributed by atoms with Crippen LogP contribution in [-0.2, 0) is 14.1 Å². The van der Waals surface area contributed by atoms with E-state index in [0.29, 0.717) is 10.2 Å². The fraction of sp³-hybridized carbons (Fsp3) is 0.143. The lowest BCUT2D eigenvalue weighted by Gasteiger charge is -1.95. The van der Waals surface area contributed by atoms with E-state index in [9.17, 15) is 9.90 Å². The number of carboxylic acids is 1. The molecule has 0 aliphatic carbocycles. The van der Waals surface area contributed by atoms with Gasteiger partial charge in [-0.3, -0.25) is 4.68 Å². The molecule has 0 radical (unpaired) electrons. The molecule has 5 nitrogen and oxygen atoms in total. The Balaban J connectivity index is 2.32. The van der Waals surface area contributed by atoms with Crippen molar-refractivity contribution in [3.05, 3.63) is 40.6 Å². The highest BCUT2D eigenvalue weighted by atomic mass is 79.9. The zero-order valence-corrected chi connectivity index (χ0v) is 12.5. The maximum atomic E-state index is 11.3. The Kier molecular flexibility index (Phi) is 2.90. The molecule has 3 aromatic rings. The zero-order valence-electron chi connectivity index (χ0n) is 11.0. The Morgan fingerprint density at radius 1 is 1.30 bits per heavy atom. The molecule has 6 heteroatoms. The van der Waals surface area contributed by atoms with E-state index in [1.165, 1.54) is 4.68 Å². The molecule has 1 N–H and O–H groups in total. The summed E-state index contributed by atoms with van der Waals surface area (Å²) in [5, 5.41) is 14.6. The fourth-order valence-corrected chi connectivity index (χ4v) is 3.15. The van der Waals surface area contributed by atoms with Crippen molar-refractivity contribution in [1.82, 2.24) is 14.3 Å². The Labute approximate surface area is 123 Å². The van der Waals surface area contributed by atoms with Crippen LogP contribution < -0.4 is 0 Å². The molecule has 1 aromatic carbocycles. The van der Waals surface area contributed by atoms with Gasteiger partial charge in [0.05, 0.1) is 4.47 Å². The molecule has 0 atom stereocenters. The quantitative estimate of drug-likeness (QED) is 0.784. The molecule has 102 valence electrons. The number of aryl methyl sites for hydroxylation is 2. The van der Waals surface area contributed by atoms with Gasteiger partial charge in [0.15, 0.2) is 5.69 Å². The lowest BCUT2D eigenvalue weighted by Crippen LogP contribution is -2.05. The number of para-hydroxylation sites is 1. The van der Waals surface area contributed by atoms with Gasteiger partial charge >= 0.3 is 5.97 Å². The highest BCUT2D eigenvalue weighted by molar-refractivity contribution is 9.10. The molecule has 0 saturated heterocycles. The summed E-state index contributed by atoms with van der Waals surface area (Å²) in [5.74, 6) is -1.00. The largest absolute Gasteiger partial charge is 0.476 e. The highest BCUT2D eigenvalue weighted by Gasteiger charge is 2.22. The summed E-state index contributed by atoms with van der Waals surface area (Å²) in [7, 11) is 3.59. The Hall–Kier alpha value is -2.08. The first-order valence-electron chi connectivity index (χ1n) is 6.01. The molecule has 20 heavy (non-hydrogen) atoms. The van der Waals surface area contributed by atoms with Crippen molar-refractivity contribution < 1.29 is 9.90 Å². The zero-order chi connectivity index (χ0) is 14.4. The number of hydrogen-bond acceptors (Lipinski definition) is 2. The molecule has 2 aromatic heterocycles. The second-order valence-corrected chi connectivity index (χ2v) is 5.40. The topological polar surface area (TPSA) is 60.0 Å². The minimum atomic E-state index is -1.00. The summed E-state index contributed by atoms with van der Waals surface area (Å²) < 4.78 is 3.89. The van der Waals surface area contributed by atoms with Gasteiger partial charge in [-0.25, -0.2) is 4.79 Å². The van der Waals surface area contributed by atoms with Gasteiger partial charge in [-0.1, -0.05) is 18.2 Å². The van der Waals surface area contributed by atoms with Crippen molar-refractivity contribution in [2.75, 3.05) is 0 Å². The van der Waals surface area contributed by atoms with Crippen LogP contribution in [-0.4, -0.2) is 25.4 Å². The van der Waals surface area contributed by atoms with E-state index in [-0.39, 0.29) is 5.69 Å². The predicted molar refractivity (Wildman–Crippen MR) is 79.8 cm³/mol. The first-order chi connectivity index (χ1) is 9.50.